The molecule has 1 N–H and O–H groups in total. The second-order valence-corrected chi connectivity index (χ2v) is 7.02. The van der Waals surface area contributed by atoms with Crippen molar-refractivity contribution >= 4 is 0 Å². The number of piperazine rings is 1. The van der Waals surface area contributed by atoms with E-state index in [-0.39, 0.29) is 0 Å². The van der Waals surface area contributed by atoms with Gasteiger partial charge in [-0.15, -0.1) is 0 Å². The minimum atomic E-state index is 0.372. The van der Waals surface area contributed by atoms with E-state index in [0.717, 1.165) is 32.3 Å². The van der Waals surface area contributed by atoms with Gasteiger partial charge in [0.25, 0.3) is 0 Å². The molecule has 0 spiro atoms. The van der Waals surface area contributed by atoms with E-state index in [1.54, 1.807) is 0 Å². The van der Waals surface area contributed by atoms with E-state index in [2.05, 4.69) is 22.0 Å². The molecule has 4 nitrogen and oxygen atoms in total. The van der Waals surface area contributed by atoms with Crippen molar-refractivity contribution in [3.05, 3.63) is 0 Å². The number of rotatable bonds is 7. The summed E-state index contributed by atoms with van der Waals surface area (Å²) in [5.74, 6) is 0. The normalized spacial score (nSPS) is 32.9. The molecule has 0 aromatic rings. The van der Waals surface area contributed by atoms with E-state index in [1.165, 1.54) is 58.4 Å². The number of nitrogens with zero attached hydrogens (tertiary/aromatic N) is 2. The van der Waals surface area contributed by atoms with Crippen LogP contribution in [0.15, 0.2) is 0 Å². The zero-order chi connectivity index (χ0) is 13.8. The van der Waals surface area contributed by atoms with Crippen LogP contribution < -0.4 is 5.32 Å². The van der Waals surface area contributed by atoms with Crippen LogP contribution in [0.25, 0.3) is 0 Å². The molecule has 2 saturated heterocycles. The van der Waals surface area contributed by atoms with Gasteiger partial charge in [-0.3, -0.25) is 4.90 Å². The molecule has 3 aliphatic rings. The zero-order valence-electron chi connectivity index (χ0n) is 13.1. The Bertz CT molecular complexity index is 292. The van der Waals surface area contributed by atoms with Crippen LogP contribution in [-0.4, -0.2) is 74.9 Å². The van der Waals surface area contributed by atoms with Gasteiger partial charge in [0.05, 0.1) is 6.61 Å². The largest absolute Gasteiger partial charge is 0.381 e. The Hall–Kier alpha value is -0.160. The molecule has 4 heteroatoms. The lowest BCUT2D eigenvalue weighted by molar-refractivity contribution is 0.0687. The van der Waals surface area contributed by atoms with Crippen LogP contribution in [0, 0.1) is 5.41 Å². The third-order valence-electron chi connectivity index (χ3n) is 5.14. The third kappa shape index (κ3) is 3.73. The summed E-state index contributed by atoms with van der Waals surface area (Å²) < 4.78 is 5.72. The lowest BCUT2D eigenvalue weighted by Gasteiger charge is -2.40. The average molecular weight is 281 g/mol. The number of nitrogens with one attached hydrogen (secondary N) is 1. The van der Waals surface area contributed by atoms with E-state index in [0.29, 0.717) is 5.41 Å². The topological polar surface area (TPSA) is 27.7 Å². The van der Waals surface area contributed by atoms with E-state index in [9.17, 15) is 0 Å². The van der Waals surface area contributed by atoms with Gasteiger partial charge in [-0.1, -0.05) is 6.92 Å². The first-order valence-corrected chi connectivity index (χ1v) is 8.56. The SMILES string of the molecule is CCCNCC1(CN2CCN(C3CC3)CC2)CCOC1. The van der Waals surface area contributed by atoms with Crippen molar-refractivity contribution in [2.45, 2.75) is 38.6 Å². The van der Waals surface area contributed by atoms with Gasteiger partial charge >= 0.3 is 0 Å². The first-order chi connectivity index (χ1) is 9.81. The maximum atomic E-state index is 5.72. The fourth-order valence-electron chi connectivity index (χ4n) is 3.70. The Labute approximate surface area is 123 Å². The molecule has 3 rings (SSSR count). The molecule has 1 unspecified atom stereocenters. The summed E-state index contributed by atoms with van der Waals surface area (Å²) in [6.07, 6.45) is 5.33. The molecule has 0 aromatic carbocycles. The van der Waals surface area contributed by atoms with Gasteiger partial charge in [0.15, 0.2) is 0 Å². The lowest BCUT2D eigenvalue weighted by Crippen LogP contribution is -2.52. The maximum Gasteiger partial charge on any atom is 0.0547 e. The molecule has 0 aromatic heterocycles. The standard InChI is InChI=1S/C16H31N3O/c1-2-6-17-12-16(5-11-20-14-16)13-18-7-9-19(10-8-18)15-3-4-15/h15,17H,2-14H2,1H3. The number of hydrogen-bond acceptors (Lipinski definition) is 4. The van der Waals surface area contributed by atoms with Gasteiger partial charge < -0.3 is 15.0 Å². The van der Waals surface area contributed by atoms with Crippen LogP contribution in [0.1, 0.15) is 32.6 Å². The summed E-state index contributed by atoms with van der Waals surface area (Å²) in [6.45, 7) is 12.7. The summed E-state index contributed by atoms with van der Waals surface area (Å²) >= 11 is 0. The molecule has 116 valence electrons. The third-order valence-corrected chi connectivity index (χ3v) is 5.14. The van der Waals surface area contributed by atoms with Crippen LogP contribution >= 0.6 is 0 Å². The molecule has 2 aliphatic heterocycles. The van der Waals surface area contributed by atoms with Gasteiger partial charge in [-0.2, -0.15) is 0 Å². The Morgan fingerprint density at radius 2 is 2.00 bits per heavy atom. The van der Waals surface area contributed by atoms with Gasteiger partial charge in [-0.05, 0) is 32.2 Å². The predicted octanol–water partition coefficient (Wildman–Crippen LogP) is 1.17. The molecule has 2 heterocycles. The second kappa shape index (κ2) is 6.73. The van der Waals surface area contributed by atoms with Crippen molar-refractivity contribution in [1.82, 2.24) is 15.1 Å². The summed E-state index contributed by atoms with van der Waals surface area (Å²) in [4.78, 5) is 5.38. The summed E-state index contributed by atoms with van der Waals surface area (Å²) in [7, 11) is 0. The Kier molecular flexibility index (Phi) is 4.97. The highest BCUT2D eigenvalue weighted by Gasteiger charge is 2.38. The molecular formula is C16H31N3O. The summed E-state index contributed by atoms with van der Waals surface area (Å²) in [6, 6.07) is 0.937. The molecule has 3 fully saturated rings. The van der Waals surface area contributed by atoms with Gasteiger partial charge in [0, 0.05) is 57.3 Å². The van der Waals surface area contributed by atoms with Crippen LogP contribution in [-0.2, 0) is 4.74 Å². The minimum absolute atomic E-state index is 0.372. The molecule has 0 radical (unpaired) electrons. The van der Waals surface area contributed by atoms with Gasteiger partial charge in [-0.25, -0.2) is 0 Å². The van der Waals surface area contributed by atoms with E-state index in [1.807, 2.05) is 0 Å². The Balaban J connectivity index is 1.46. The lowest BCUT2D eigenvalue weighted by atomic mass is 9.86. The Morgan fingerprint density at radius 3 is 2.60 bits per heavy atom. The van der Waals surface area contributed by atoms with Gasteiger partial charge in [0.2, 0.25) is 0 Å². The van der Waals surface area contributed by atoms with Crippen molar-refractivity contribution in [3.8, 4) is 0 Å². The highest BCUT2D eigenvalue weighted by atomic mass is 16.5. The van der Waals surface area contributed by atoms with Crippen molar-refractivity contribution < 1.29 is 4.74 Å². The minimum Gasteiger partial charge on any atom is -0.381 e. The van der Waals surface area contributed by atoms with E-state index >= 15 is 0 Å². The smallest absolute Gasteiger partial charge is 0.0547 e. The zero-order valence-corrected chi connectivity index (χ0v) is 13.1. The number of hydrogen-bond donors (Lipinski definition) is 1. The van der Waals surface area contributed by atoms with Crippen LogP contribution in [0.2, 0.25) is 0 Å². The maximum absolute atomic E-state index is 5.72. The molecule has 1 aliphatic carbocycles. The first-order valence-electron chi connectivity index (χ1n) is 8.56. The molecule has 1 atom stereocenters. The van der Waals surface area contributed by atoms with Crippen LogP contribution in [0.3, 0.4) is 0 Å². The molecule has 0 amide bonds. The summed E-state index contributed by atoms with van der Waals surface area (Å²) in [5, 5.41) is 3.63. The monoisotopic (exact) mass is 281 g/mol. The molecule has 1 saturated carbocycles. The fraction of sp³-hybridized carbons (Fsp3) is 1.00. The van der Waals surface area contributed by atoms with Crippen LogP contribution in [0.4, 0.5) is 0 Å². The highest BCUT2D eigenvalue weighted by Crippen LogP contribution is 2.31. The van der Waals surface area contributed by atoms with Crippen molar-refractivity contribution in [2.75, 3.05) is 59.0 Å². The van der Waals surface area contributed by atoms with E-state index in [4.69, 9.17) is 4.74 Å². The quantitative estimate of drug-likeness (QED) is 0.709. The first kappa shape index (κ1) is 14.8. The van der Waals surface area contributed by atoms with Crippen LogP contribution in [0.5, 0.6) is 0 Å². The van der Waals surface area contributed by atoms with Crippen molar-refractivity contribution in [2.24, 2.45) is 5.41 Å². The van der Waals surface area contributed by atoms with E-state index < -0.39 is 0 Å². The average Bonchev–Trinajstić information content (AvgIpc) is 3.22. The fourth-order valence-corrected chi connectivity index (χ4v) is 3.70. The predicted molar refractivity (Wildman–Crippen MR) is 82.1 cm³/mol. The van der Waals surface area contributed by atoms with Crippen molar-refractivity contribution in [3.63, 3.8) is 0 Å². The second-order valence-electron chi connectivity index (χ2n) is 7.02. The molecular weight excluding hydrogens is 250 g/mol. The van der Waals surface area contributed by atoms with Gasteiger partial charge in [0.1, 0.15) is 0 Å². The molecule has 0 bridgehead atoms. The molecule has 20 heavy (non-hydrogen) atoms. The summed E-state index contributed by atoms with van der Waals surface area (Å²) in [5.41, 5.74) is 0.372. The van der Waals surface area contributed by atoms with Crippen molar-refractivity contribution in [1.29, 1.82) is 0 Å². The number of ether oxygens (including phenoxy) is 1. The highest BCUT2D eigenvalue weighted by molar-refractivity contribution is 4.92. The Morgan fingerprint density at radius 1 is 1.20 bits per heavy atom.